The van der Waals surface area contributed by atoms with Crippen LogP contribution in [0.5, 0.6) is 5.75 Å². The number of likely N-dealkylation sites (tertiary alicyclic amines) is 1. The van der Waals surface area contributed by atoms with Crippen molar-refractivity contribution in [3.8, 4) is 17.0 Å². The summed E-state index contributed by atoms with van der Waals surface area (Å²) in [5.74, 6) is 1.37. The molecule has 160 valence electrons. The second-order valence-electron chi connectivity index (χ2n) is 8.17. The highest BCUT2D eigenvalue weighted by atomic mass is 16.5. The minimum Gasteiger partial charge on any atom is -0.496 e. The van der Waals surface area contributed by atoms with E-state index in [1.807, 2.05) is 41.3 Å². The zero-order valence-electron chi connectivity index (χ0n) is 18.2. The van der Waals surface area contributed by atoms with Crippen LogP contribution in [0.25, 0.3) is 11.3 Å². The summed E-state index contributed by atoms with van der Waals surface area (Å²) in [4.78, 5) is 19.8. The molecule has 1 atom stereocenters. The summed E-state index contributed by atoms with van der Waals surface area (Å²) >= 11 is 0. The minimum absolute atomic E-state index is 0.265. The molecule has 0 aliphatic carbocycles. The zero-order chi connectivity index (χ0) is 21.5. The molecule has 0 radical (unpaired) electrons. The molecule has 1 amide bonds. The topological polar surface area (TPSA) is 42.4 Å². The van der Waals surface area contributed by atoms with E-state index in [2.05, 4.69) is 36.4 Å². The molecule has 31 heavy (non-hydrogen) atoms. The second kappa shape index (κ2) is 10.3. The molecular weight excluding hydrogens is 384 g/mol. The molecule has 0 spiro atoms. The van der Waals surface area contributed by atoms with E-state index in [1.165, 1.54) is 5.56 Å². The normalized spacial score (nSPS) is 16.2. The molecular formula is C27H30N2O2. The summed E-state index contributed by atoms with van der Waals surface area (Å²) in [5.41, 5.74) is 4.27. The molecule has 0 unspecified atom stereocenters. The zero-order valence-corrected chi connectivity index (χ0v) is 18.2. The third-order valence-electron chi connectivity index (χ3n) is 6.04. The SMILES string of the molecule is COc1ccccc1-c1cccc([C@@H]2CCCN(C(=O)CCCc3ccccc3)C2)n1. The first-order valence-electron chi connectivity index (χ1n) is 11.2. The van der Waals surface area contributed by atoms with E-state index in [4.69, 9.17) is 9.72 Å². The fourth-order valence-electron chi connectivity index (χ4n) is 4.38. The standard InChI is InChI=1S/C27H30N2O2/c1-31-26-17-6-5-14-23(26)25-16-8-15-24(28-25)22-13-9-19-29(20-22)27(30)18-7-12-21-10-3-2-4-11-21/h2-6,8,10-11,14-17,22H,7,9,12-13,18-20H2,1H3/t22-/m1/s1. The Bertz CT molecular complexity index is 1000. The van der Waals surface area contributed by atoms with Crippen LogP contribution in [0, 0.1) is 0 Å². The molecule has 0 bridgehead atoms. The van der Waals surface area contributed by atoms with Crippen molar-refractivity contribution in [1.29, 1.82) is 0 Å². The maximum absolute atomic E-state index is 12.8. The van der Waals surface area contributed by atoms with Gasteiger partial charge in [0, 0.05) is 36.7 Å². The summed E-state index contributed by atoms with van der Waals surface area (Å²) in [5, 5.41) is 0. The monoisotopic (exact) mass is 414 g/mol. The Morgan fingerprint density at radius 2 is 1.84 bits per heavy atom. The first-order valence-corrected chi connectivity index (χ1v) is 11.2. The smallest absolute Gasteiger partial charge is 0.222 e. The van der Waals surface area contributed by atoms with Gasteiger partial charge in [0.15, 0.2) is 0 Å². The van der Waals surface area contributed by atoms with E-state index < -0.39 is 0 Å². The van der Waals surface area contributed by atoms with E-state index in [1.54, 1.807) is 7.11 Å². The number of carbonyl (C=O) groups is 1. The number of para-hydroxylation sites is 1. The van der Waals surface area contributed by atoms with Crippen molar-refractivity contribution in [2.24, 2.45) is 0 Å². The number of aromatic nitrogens is 1. The molecule has 0 N–H and O–H groups in total. The van der Waals surface area contributed by atoms with Crippen molar-refractivity contribution in [3.05, 3.63) is 84.1 Å². The number of carbonyl (C=O) groups excluding carboxylic acids is 1. The molecule has 1 aliphatic rings. The van der Waals surface area contributed by atoms with Crippen molar-refractivity contribution >= 4 is 5.91 Å². The van der Waals surface area contributed by atoms with Crippen LogP contribution in [0.15, 0.2) is 72.8 Å². The van der Waals surface area contributed by atoms with Gasteiger partial charge in [-0.15, -0.1) is 0 Å². The molecule has 1 aliphatic heterocycles. The third kappa shape index (κ3) is 5.32. The van der Waals surface area contributed by atoms with Crippen LogP contribution >= 0.6 is 0 Å². The van der Waals surface area contributed by atoms with Gasteiger partial charge in [-0.25, -0.2) is 0 Å². The van der Waals surface area contributed by atoms with Crippen LogP contribution < -0.4 is 4.74 Å². The number of pyridine rings is 1. The van der Waals surface area contributed by atoms with Gasteiger partial charge in [-0.1, -0.05) is 48.5 Å². The Morgan fingerprint density at radius 3 is 2.68 bits per heavy atom. The van der Waals surface area contributed by atoms with Crippen molar-refractivity contribution in [2.75, 3.05) is 20.2 Å². The Hall–Kier alpha value is -3.14. The fourth-order valence-corrected chi connectivity index (χ4v) is 4.38. The number of rotatable bonds is 7. The lowest BCUT2D eigenvalue weighted by molar-refractivity contribution is -0.132. The van der Waals surface area contributed by atoms with E-state index in [9.17, 15) is 4.79 Å². The molecule has 2 aromatic carbocycles. The van der Waals surface area contributed by atoms with E-state index >= 15 is 0 Å². The highest BCUT2D eigenvalue weighted by Crippen LogP contribution is 2.31. The molecule has 4 rings (SSSR count). The van der Waals surface area contributed by atoms with Crippen LogP contribution in [0.4, 0.5) is 0 Å². The first-order chi connectivity index (χ1) is 15.2. The fraction of sp³-hybridized carbons (Fsp3) is 0.333. The van der Waals surface area contributed by atoms with Gasteiger partial charge in [0.1, 0.15) is 5.75 Å². The Kier molecular flexibility index (Phi) is 6.98. The second-order valence-corrected chi connectivity index (χ2v) is 8.17. The lowest BCUT2D eigenvalue weighted by Crippen LogP contribution is -2.39. The predicted molar refractivity (Wildman–Crippen MR) is 124 cm³/mol. The summed E-state index contributed by atoms with van der Waals surface area (Å²) in [6, 6.07) is 24.5. The molecule has 0 saturated carbocycles. The van der Waals surface area contributed by atoms with E-state index in [-0.39, 0.29) is 11.8 Å². The van der Waals surface area contributed by atoms with E-state index in [0.717, 1.165) is 61.5 Å². The van der Waals surface area contributed by atoms with Crippen LogP contribution in [0.2, 0.25) is 0 Å². The first kappa shape index (κ1) is 21.1. The Labute approximate surface area is 184 Å². The van der Waals surface area contributed by atoms with Crippen molar-refractivity contribution in [2.45, 2.75) is 38.0 Å². The van der Waals surface area contributed by atoms with Crippen LogP contribution in [-0.2, 0) is 11.2 Å². The Morgan fingerprint density at radius 1 is 1.03 bits per heavy atom. The number of aryl methyl sites for hydroxylation is 1. The number of piperidine rings is 1. The molecule has 1 aromatic heterocycles. The minimum atomic E-state index is 0.265. The number of methoxy groups -OCH3 is 1. The van der Waals surface area contributed by atoms with Gasteiger partial charge in [-0.05, 0) is 55.5 Å². The van der Waals surface area contributed by atoms with Gasteiger partial charge in [0.25, 0.3) is 0 Å². The van der Waals surface area contributed by atoms with Crippen molar-refractivity contribution in [3.63, 3.8) is 0 Å². The molecule has 4 heteroatoms. The number of hydrogen-bond acceptors (Lipinski definition) is 3. The lowest BCUT2D eigenvalue weighted by Gasteiger charge is -2.32. The van der Waals surface area contributed by atoms with Gasteiger partial charge in [-0.3, -0.25) is 9.78 Å². The Balaban J connectivity index is 1.40. The number of nitrogens with zero attached hydrogens (tertiary/aromatic N) is 2. The summed E-state index contributed by atoms with van der Waals surface area (Å²) in [7, 11) is 1.69. The van der Waals surface area contributed by atoms with Crippen molar-refractivity contribution in [1.82, 2.24) is 9.88 Å². The number of ether oxygens (including phenoxy) is 1. The predicted octanol–water partition coefficient (Wildman–Crippen LogP) is 5.49. The molecule has 1 saturated heterocycles. The average molecular weight is 415 g/mol. The summed E-state index contributed by atoms with van der Waals surface area (Å²) < 4.78 is 5.51. The van der Waals surface area contributed by atoms with Crippen LogP contribution in [-0.4, -0.2) is 36.0 Å². The number of benzene rings is 2. The summed E-state index contributed by atoms with van der Waals surface area (Å²) in [6.45, 7) is 1.61. The maximum Gasteiger partial charge on any atom is 0.222 e. The number of hydrogen-bond donors (Lipinski definition) is 0. The van der Waals surface area contributed by atoms with Gasteiger partial charge < -0.3 is 9.64 Å². The third-order valence-corrected chi connectivity index (χ3v) is 6.04. The van der Waals surface area contributed by atoms with E-state index in [0.29, 0.717) is 6.42 Å². The highest BCUT2D eigenvalue weighted by molar-refractivity contribution is 5.76. The summed E-state index contributed by atoms with van der Waals surface area (Å²) in [6.07, 6.45) is 4.54. The van der Waals surface area contributed by atoms with Crippen LogP contribution in [0.3, 0.4) is 0 Å². The maximum atomic E-state index is 12.8. The van der Waals surface area contributed by atoms with Gasteiger partial charge in [0.2, 0.25) is 5.91 Å². The largest absolute Gasteiger partial charge is 0.496 e. The van der Waals surface area contributed by atoms with Gasteiger partial charge in [0.05, 0.1) is 12.8 Å². The van der Waals surface area contributed by atoms with Gasteiger partial charge in [-0.2, -0.15) is 0 Å². The molecule has 2 heterocycles. The molecule has 4 nitrogen and oxygen atoms in total. The molecule has 3 aromatic rings. The average Bonchev–Trinajstić information content (AvgIpc) is 2.85. The lowest BCUT2D eigenvalue weighted by atomic mass is 9.93. The molecule has 1 fully saturated rings. The van der Waals surface area contributed by atoms with Crippen molar-refractivity contribution < 1.29 is 9.53 Å². The van der Waals surface area contributed by atoms with Crippen LogP contribution in [0.1, 0.15) is 42.9 Å². The van der Waals surface area contributed by atoms with Gasteiger partial charge >= 0.3 is 0 Å². The highest BCUT2D eigenvalue weighted by Gasteiger charge is 2.25. The quantitative estimate of drug-likeness (QED) is 0.514. The number of amides is 1.